The van der Waals surface area contributed by atoms with Crippen molar-refractivity contribution in [3.05, 3.63) is 0 Å². The molecule has 6 atom stereocenters. The molecule has 4 rings (SSSR count). The molecule has 0 aromatic rings. The third-order valence-corrected chi connectivity index (χ3v) is 5.05. The Bertz CT molecular complexity index is 381. The SMILES string of the molecule is CC1(C)OC[C@H]([C@@H]2CCC[C@H]([C@H]3CC[C@H]([C@H]4CO4)O3)O2)O1. The lowest BCUT2D eigenvalue weighted by molar-refractivity contribution is -0.184. The third-order valence-electron chi connectivity index (χ3n) is 5.05. The summed E-state index contributed by atoms with van der Waals surface area (Å²) in [5.41, 5.74) is 0. The minimum atomic E-state index is -0.473. The molecule has 0 amide bonds. The Labute approximate surface area is 126 Å². The molecule has 4 heterocycles. The highest BCUT2D eigenvalue weighted by atomic mass is 16.7. The highest BCUT2D eigenvalue weighted by Gasteiger charge is 2.45. The Morgan fingerprint density at radius 2 is 1.29 bits per heavy atom. The Kier molecular flexibility index (Phi) is 3.74. The van der Waals surface area contributed by atoms with E-state index in [1.807, 2.05) is 13.8 Å². The van der Waals surface area contributed by atoms with E-state index in [1.54, 1.807) is 0 Å². The molecule has 0 spiro atoms. The van der Waals surface area contributed by atoms with Gasteiger partial charge in [0, 0.05) is 0 Å². The largest absolute Gasteiger partial charge is 0.370 e. The summed E-state index contributed by atoms with van der Waals surface area (Å²) in [5.74, 6) is -0.473. The molecule has 0 saturated carbocycles. The van der Waals surface area contributed by atoms with E-state index in [0.717, 1.165) is 32.3 Å². The molecule has 0 aromatic carbocycles. The topological polar surface area (TPSA) is 49.5 Å². The van der Waals surface area contributed by atoms with Crippen LogP contribution < -0.4 is 0 Å². The molecule has 0 bridgehead atoms. The molecule has 0 N–H and O–H groups in total. The lowest BCUT2D eigenvalue weighted by Gasteiger charge is -2.35. The predicted octanol–water partition coefficient (Wildman–Crippen LogP) is 2.02. The van der Waals surface area contributed by atoms with E-state index in [0.29, 0.717) is 18.8 Å². The fraction of sp³-hybridized carbons (Fsp3) is 1.00. The second-order valence-electron chi connectivity index (χ2n) is 7.17. The molecule has 4 fully saturated rings. The smallest absolute Gasteiger partial charge is 0.163 e. The van der Waals surface area contributed by atoms with Crippen molar-refractivity contribution in [2.45, 2.75) is 88.4 Å². The van der Waals surface area contributed by atoms with Crippen molar-refractivity contribution in [2.24, 2.45) is 0 Å². The number of rotatable bonds is 3. The molecular weight excluding hydrogens is 272 g/mol. The molecule has 4 aliphatic rings. The van der Waals surface area contributed by atoms with Crippen LogP contribution in [-0.2, 0) is 23.7 Å². The van der Waals surface area contributed by atoms with Gasteiger partial charge < -0.3 is 23.7 Å². The summed E-state index contributed by atoms with van der Waals surface area (Å²) >= 11 is 0. The van der Waals surface area contributed by atoms with Crippen molar-refractivity contribution in [2.75, 3.05) is 13.2 Å². The van der Waals surface area contributed by atoms with E-state index in [4.69, 9.17) is 23.7 Å². The van der Waals surface area contributed by atoms with Crippen molar-refractivity contribution in [3.63, 3.8) is 0 Å². The van der Waals surface area contributed by atoms with Crippen molar-refractivity contribution >= 4 is 0 Å². The lowest BCUT2D eigenvalue weighted by Crippen LogP contribution is -2.43. The number of ether oxygens (including phenoxy) is 5. The van der Waals surface area contributed by atoms with Gasteiger partial charge >= 0.3 is 0 Å². The van der Waals surface area contributed by atoms with Crippen molar-refractivity contribution in [3.8, 4) is 0 Å². The zero-order valence-electron chi connectivity index (χ0n) is 13.0. The summed E-state index contributed by atoms with van der Waals surface area (Å²) in [6.45, 7) is 5.43. The highest BCUT2D eigenvalue weighted by Crippen LogP contribution is 2.36. The first-order chi connectivity index (χ1) is 10.1. The van der Waals surface area contributed by atoms with Gasteiger partial charge in [0.1, 0.15) is 12.2 Å². The Morgan fingerprint density at radius 1 is 0.714 bits per heavy atom. The summed E-state index contributed by atoms with van der Waals surface area (Å²) in [4.78, 5) is 0. The van der Waals surface area contributed by atoms with Crippen molar-refractivity contribution in [1.29, 1.82) is 0 Å². The van der Waals surface area contributed by atoms with E-state index in [-0.39, 0.29) is 24.4 Å². The standard InChI is InChI=1S/C16H26O5/c1-16(2)18-9-15(21-16)11-5-3-4-10(19-11)12-6-7-13(20-12)14-8-17-14/h10-15H,3-9H2,1-2H3/t10-,11+,12-,13-,14-,15-/m1/s1. The quantitative estimate of drug-likeness (QED) is 0.746. The molecule has 4 saturated heterocycles. The van der Waals surface area contributed by atoms with Gasteiger partial charge in [0.15, 0.2) is 5.79 Å². The van der Waals surface area contributed by atoms with Crippen LogP contribution in [0.15, 0.2) is 0 Å². The fourth-order valence-electron chi connectivity index (χ4n) is 3.83. The molecule has 5 nitrogen and oxygen atoms in total. The van der Waals surface area contributed by atoms with Gasteiger partial charge in [-0.1, -0.05) is 0 Å². The summed E-state index contributed by atoms with van der Waals surface area (Å²) in [6.07, 6.45) is 6.82. The van der Waals surface area contributed by atoms with Crippen molar-refractivity contribution < 1.29 is 23.7 Å². The first-order valence-electron chi connectivity index (χ1n) is 8.35. The molecule has 4 aliphatic heterocycles. The van der Waals surface area contributed by atoms with Gasteiger partial charge in [0.25, 0.3) is 0 Å². The van der Waals surface area contributed by atoms with Crippen LogP contribution in [-0.4, -0.2) is 55.6 Å². The zero-order chi connectivity index (χ0) is 14.4. The van der Waals surface area contributed by atoms with Crippen molar-refractivity contribution in [1.82, 2.24) is 0 Å². The van der Waals surface area contributed by atoms with Crippen LogP contribution in [0.5, 0.6) is 0 Å². The normalized spacial score (nSPS) is 49.4. The van der Waals surface area contributed by atoms with Gasteiger partial charge in [0.2, 0.25) is 0 Å². The molecule has 120 valence electrons. The first kappa shape index (κ1) is 14.4. The second-order valence-corrected chi connectivity index (χ2v) is 7.17. The fourth-order valence-corrected chi connectivity index (χ4v) is 3.83. The maximum Gasteiger partial charge on any atom is 0.163 e. The lowest BCUT2D eigenvalue weighted by atomic mass is 9.96. The minimum Gasteiger partial charge on any atom is -0.370 e. The van der Waals surface area contributed by atoms with E-state index in [9.17, 15) is 0 Å². The van der Waals surface area contributed by atoms with Crippen LogP contribution >= 0.6 is 0 Å². The van der Waals surface area contributed by atoms with E-state index < -0.39 is 5.79 Å². The number of hydrogen-bond acceptors (Lipinski definition) is 5. The Hall–Kier alpha value is -0.200. The first-order valence-corrected chi connectivity index (χ1v) is 8.35. The molecule has 0 aliphatic carbocycles. The molecule has 0 unspecified atom stereocenters. The molecule has 0 radical (unpaired) electrons. The third kappa shape index (κ3) is 3.13. The predicted molar refractivity (Wildman–Crippen MR) is 75.1 cm³/mol. The van der Waals surface area contributed by atoms with Crippen LogP contribution in [0.25, 0.3) is 0 Å². The van der Waals surface area contributed by atoms with Gasteiger partial charge in [-0.3, -0.25) is 0 Å². The van der Waals surface area contributed by atoms with Gasteiger partial charge in [-0.05, 0) is 46.0 Å². The van der Waals surface area contributed by atoms with Crippen LogP contribution in [0.2, 0.25) is 0 Å². The van der Waals surface area contributed by atoms with Gasteiger partial charge in [-0.2, -0.15) is 0 Å². The highest BCUT2D eigenvalue weighted by molar-refractivity contribution is 4.91. The molecule has 21 heavy (non-hydrogen) atoms. The zero-order valence-corrected chi connectivity index (χ0v) is 13.0. The number of epoxide rings is 1. The van der Waals surface area contributed by atoms with Gasteiger partial charge in [0.05, 0.1) is 37.6 Å². The summed E-state index contributed by atoms with van der Waals surface area (Å²) < 4.78 is 29.5. The van der Waals surface area contributed by atoms with Gasteiger partial charge in [-0.25, -0.2) is 0 Å². The van der Waals surface area contributed by atoms with Crippen LogP contribution in [0.4, 0.5) is 0 Å². The Morgan fingerprint density at radius 3 is 1.86 bits per heavy atom. The average Bonchev–Trinajstić information content (AvgIpc) is 3.08. The van der Waals surface area contributed by atoms with Crippen LogP contribution in [0.3, 0.4) is 0 Å². The maximum atomic E-state index is 6.33. The summed E-state index contributed by atoms with van der Waals surface area (Å²) in [5, 5.41) is 0. The summed E-state index contributed by atoms with van der Waals surface area (Å²) in [6, 6.07) is 0. The second kappa shape index (κ2) is 5.46. The van der Waals surface area contributed by atoms with Gasteiger partial charge in [-0.15, -0.1) is 0 Å². The molecule has 0 aromatic heterocycles. The number of hydrogen-bond donors (Lipinski definition) is 0. The van der Waals surface area contributed by atoms with E-state index in [1.165, 1.54) is 6.42 Å². The average molecular weight is 298 g/mol. The Balaban J connectivity index is 1.33. The molecular formula is C16H26O5. The van der Waals surface area contributed by atoms with Crippen LogP contribution in [0, 0.1) is 0 Å². The van der Waals surface area contributed by atoms with E-state index >= 15 is 0 Å². The minimum absolute atomic E-state index is 0.0618. The summed E-state index contributed by atoms with van der Waals surface area (Å²) in [7, 11) is 0. The monoisotopic (exact) mass is 298 g/mol. The maximum absolute atomic E-state index is 6.33. The molecule has 5 heteroatoms. The van der Waals surface area contributed by atoms with E-state index in [2.05, 4.69) is 0 Å². The van der Waals surface area contributed by atoms with Crippen LogP contribution in [0.1, 0.15) is 46.0 Å².